The number of nitrogens with two attached hydrogens (primary N) is 1. The molecule has 1 aliphatic rings. The molecule has 18 heavy (non-hydrogen) atoms. The summed E-state index contributed by atoms with van der Waals surface area (Å²) in [6.07, 6.45) is -2.19. The molecule has 1 saturated heterocycles. The van der Waals surface area contributed by atoms with Crippen molar-refractivity contribution in [3.05, 3.63) is 0 Å². The van der Waals surface area contributed by atoms with Crippen LogP contribution in [0.1, 0.15) is 39.0 Å². The van der Waals surface area contributed by atoms with Gasteiger partial charge in [-0.2, -0.15) is 13.2 Å². The zero-order valence-electron chi connectivity index (χ0n) is 10.7. The maximum Gasteiger partial charge on any atom is 0.391 e. The van der Waals surface area contributed by atoms with Crippen molar-refractivity contribution in [3.8, 4) is 0 Å². The molecule has 0 aromatic heterocycles. The molecule has 106 valence electrons. The van der Waals surface area contributed by atoms with Gasteiger partial charge in [-0.3, -0.25) is 4.79 Å². The molecular formula is C12H21F3N2O. The Bertz CT molecular complexity index is 273. The number of piperidine rings is 1. The summed E-state index contributed by atoms with van der Waals surface area (Å²) in [6, 6.07) is -0.178. The molecule has 6 heteroatoms. The monoisotopic (exact) mass is 266 g/mol. The average Bonchev–Trinajstić information content (AvgIpc) is 2.28. The van der Waals surface area contributed by atoms with Gasteiger partial charge in [-0.15, -0.1) is 0 Å². The fraction of sp³-hybridized carbons (Fsp3) is 0.917. The van der Waals surface area contributed by atoms with Crippen molar-refractivity contribution in [1.82, 2.24) is 4.90 Å². The van der Waals surface area contributed by atoms with Gasteiger partial charge in [0.15, 0.2) is 0 Å². The molecule has 1 amide bonds. The molecule has 2 N–H and O–H groups in total. The summed E-state index contributed by atoms with van der Waals surface area (Å²) in [4.78, 5) is 13.3. The third-order valence-electron chi connectivity index (χ3n) is 3.41. The Morgan fingerprint density at radius 3 is 2.39 bits per heavy atom. The Labute approximate surface area is 106 Å². The lowest BCUT2D eigenvalue weighted by atomic mass is 9.96. The van der Waals surface area contributed by atoms with Gasteiger partial charge < -0.3 is 10.6 Å². The van der Waals surface area contributed by atoms with Gasteiger partial charge in [0.2, 0.25) is 5.91 Å². The second-order valence-corrected chi connectivity index (χ2v) is 4.95. The highest BCUT2D eigenvalue weighted by atomic mass is 19.4. The summed E-state index contributed by atoms with van der Waals surface area (Å²) >= 11 is 0. The normalized spacial score (nSPS) is 19.9. The van der Waals surface area contributed by atoms with Crippen LogP contribution >= 0.6 is 0 Å². The van der Waals surface area contributed by atoms with Crippen LogP contribution in [0.3, 0.4) is 0 Å². The topological polar surface area (TPSA) is 46.3 Å². The summed E-state index contributed by atoms with van der Waals surface area (Å²) in [5, 5.41) is 0. The van der Waals surface area contributed by atoms with Gasteiger partial charge in [0.05, 0.1) is 5.92 Å². The molecule has 3 nitrogen and oxygen atoms in total. The molecule has 0 aromatic rings. The number of amides is 1. The number of nitrogens with zero attached hydrogens (tertiary/aromatic N) is 1. The fourth-order valence-electron chi connectivity index (χ4n) is 2.28. The average molecular weight is 266 g/mol. The lowest BCUT2D eigenvalue weighted by molar-refractivity contribution is -0.186. The summed E-state index contributed by atoms with van der Waals surface area (Å²) in [7, 11) is 0. The van der Waals surface area contributed by atoms with Crippen LogP contribution in [0.2, 0.25) is 0 Å². The van der Waals surface area contributed by atoms with Gasteiger partial charge in [-0.05, 0) is 19.3 Å². The molecule has 0 aliphatic carbocycles. The zero-order chi connectivity index (χ0) is 13.8. The standard InChI is InChI=1S/C12H21F3N2O/c1-2-3-10(16)8-11(18)17-6-4-9(5-7-17)12(13,14)15/h9-10H,2-8,16H2,1H3. The second-order valence-electron chi connectivity index (χ2n) is 4.95. The van der Waals surface area contributed by atoms with E-state index < -0.39 is 12.1 Å². The predicted octanol–water partition coefficient (Wildman–Crippen LogP) is 2.30. The third kappa shape index (κ3) is 4.48. The van der Waals surface area contributed by atoms with Crippen LogP contribution in [-0.4, -0.2) is 36.1 Å². The Morgan fingerprint density at radius 1 is 1.39 bits per heavy atom. The van der Waals surface area contributed by atoms with Crippen molar-refractivity contribution in [1.29, 1.82) is 0 Å². The lowest BCUT2D eigenvalue weighted by Gasteiger charge is -2.33. The van der Waals surface area contributed by atoms with Crippen LogP contribution in [0, 0.1) is 5.92 Å². The van der Waals surface area contributed by atoms with Crippen LogP contribution < -0.4 is 5.73 Å². The molecule has 0 saturated carbocycles. The van der Waals surface area contributed by atoms with E-state index in [9.17, 15) is 18.0 Å². The SMILES string of the molecule is CCCC(N)CC(=O)N1CCC(C(F)(F)F)CC1. The first-order valence-corrected chi connectivity index (χ1v) is 6.44. The van der Waals surface area contributed by atoms with E-state index >= 15 is 0 Å². The van der Waals surface area contributed by atoms with E-state index in [1.807, 2.05) is 6.92 Å². The first-order valence-electron chi connectivity index (χ1n) is 6.44. The summed E-state index contributed by atoms with van der Waals surface area (Å²) in [5.74, 6) is -1.37. The number of likely N-dealkylation sites (tertiary alicyclic amines) is 1. The largest absolute Gasteiger partial charge is 0.391 e. The van der Waals surface area contributed by atoms with E-state index in [0.29, 0.717) is 0 Å². The number of rotatable bonds is 4. The highest BCUT2D eigenvalue weighted by Crippen LogP contribution is 2.34. The second kappa shape index (κ2) is 6.41. The molecule has 1 unspecified atom stereocenters. The van der Waals surface area contributed by atoms with Gasteiger partial charge >= 0.3 is 6.18 Å². The van der Waals surface area contributed by atoms with Crippen molar-refractivity contribution in [2.45, 2.75) is 51.2 Å². The van der Waals surface area contributed by atoms with Crippen LogP contribution in [0.15, 0.2) is 0 Å². The van der Waals surface area contributed by atoms with Gasteiger partial charge in [0.25, 0.3) is 0 Å². The van der Waals surface area contributed by atoms with Crippen LogP contribution in [0.4, 0.5) is 13.2 Å². The molecule has 1 fully saturated rings. The number of hydrogen-bond acceptors (Lipinski definition) is 2. The molecular weight excluding hydrogens is 245 g/mol. The number of carbonyl (C=O) groups is 1. The van der Waals surface area contributed by atoms with Crippen LogP contribution in [-0.2, 0) is 4.79 Å². The highest BCUT2D eigenvalue weighted by molar-refractivity contribution is 5.76. The molecule has 1 atom stereocenters. The summed E-state index contributed by atoms with van der Waals surface area (Å²) < 4.78 is 37.4. The maximum atomic E-state index is 12.5. The van der Waals surface area contributed by atoms with E-state index in [-0.39, 0.29) is 44.3 Å². The highest BCUT2D eigenvalue weighted by Gasteiger charge is 2.41. The molecule has 0 radical (unpaired) electrons. The van der Waals surface area contributed by atoms with E-state index in [4.69, 9.17) is 5.73 Å². The number of alkyl halides is 3. The van der Waals surface area contributed by atoms with E-state index in [0.717, 1.165) is 12.8 Å². The number of carbonyl (C=O) groups excluding carboxylic acids is 1. The van der Waals surface area contributed by atoms with Crippen LogP contribution in [0.5, 0.6) is 0 Å². The van der Waals surface area contributed by atoms with Gasteiger partial charge in [-0.1, -0.05) is 13.3 Å². The Kier molecular flexibility index (Phi) is 5.44. The van der Waals surface area contributed by atoms with E-state index in [1.165, 1.54) is 4.90 Å². The minimum atomic E-state index is -4.13. The van der Waals surface area contributed by atoms with Crippen LogP contribution in [0.25, 0.3) is 0 Å². The first kappa shape index (κ1) is 15.3. The first-order chi connectivity index (χ1) is 8.34. The van der Waals surface area contributed by atoms with Crippen molar-refractivity contribution in [3.63, 3.8) is 0 Å². The fourth-order valence-corrected chi connectivity index (χ4v) is 2.28. The predicted molar refractivity (Wildman–Crippen MR) is 62.9 cm³/mol. The van der Waals surface area contributed by atoms with Gasteiger partial charge in [0.1, 0.15) is 0 Å². The molecule has 0 spiro atoms. The molecule has 0 aromatic carbocycles. The summed E-state index contributed by atoms with van der Waals surface area (Å²) in [5.41, 5.74) is 5.76. The van der Waals surface area contributed by atoms with Gasteiger partial charge in [-0.25, -0.2) is 0 Å². The van der Waals surface area contributed by atoms with Crippen molar-refractivity contribution >= 4 is 5.91 Å². The Balaban J connectivity index is 2.36. The smallest absolute Gasteiger partial charge is 0.343 e. The Hall–Kier alpha value is -0.780. The van der Waals surface area contributed by atoms with Crippen molar-refractivity contribution in [2.24, 2.45) is 11.7 Å². The van der Waals surface area contributed by atoms with E-state index in [1.54, 1.807) is 0 Å². The molecule has 1 heterocycles. The molecule has 1 aliphatic heterocycles. The molecule has 0 bridgehead atoms. The number of hydrogen-bond donors (Lipinski definition) is 1. The molecule has 1 rings (SSSR count). The quantitative estimate of drug-likeness (QED) is 0.848. The van der Waals surface area contributed by atoms with Crippen molar-refractivity contribution < 1.29 is 18.0 Å². The minimum Gasteiger partial charge on any atom is -0.343 e. The maximum absolute atomic E-state index is 12.5. The van der Waals surface area contributed by atoms with Gasteiger partial charge in [0, 0.05) is 25.6 Å². The summed E-state index contributed by atoms with van der Waals surface area (Å²) in [6.45, 7) is 2.38. The zero-order valence-corrected chi connectivity index (χ0v) is 10.7. The van der Waals surface area contributed by atoms with Crippen molar-refractivity contribution in [2.75, 3.05) is 13.1 Å². The third-order valence-corrected chi connectivity index (χ3v) is 3.41. The number of halogens is 3. The van der Waals surface area contributed by atoms with E-state index in [2.05, 4.69) is 0 Å². The minimum absolute atomic E-state index is 0.0122. The lowest BCUT2D eigenvalue weighted by Crippen LogP contribution is -2.43. The Morgan fingerprint density at radius 2 is 1.94 bits per heavy atom.